The molecule has 0 amide bonds. The fraction of sp³-hybridized carbons (Fsp3) is 0.923. The van der Waals surface area contributed by atoms with Gasteiger partial charge in [-0.2, -0.15) is 0 Å². The molecule has 0 saturated carbocycles. The van der Waals surface area contributed by atoms with Crippen molar-refractivity contribution in [3.05, 3.63) is 5.21 Å². The Morgan fingerprint density at radius 2 is 1.81 bits per heavy atom. The van der Waals surface area contributed by atoms with Crippen LogP contribution in [0, 0.1) is 5.21 Å². The normalized spacial score (nSPS) is 12.4. The quantitative estimate of drug-likeness (QED) is 0.189. The van der Waals surface area contributed by atoms with Crippen LogP contribution in [0.3, 0.4) is 0 Å². The van der Waals surface area contributed by atoms with Gasteiger partial charge in [-0.05, 0) is 26.7 Å². The summed E-state index contributed by atoms with van der Waals surface area (Å²) in [6, 6.07) is 0.0509. The van der Waals surface area contributed by atoms with E-state index in [1.54, 1.807) is 6.21 Å². The Morgan fingerprint density at radius 1 is 1.12 bits per heavy atom. The zero-order valence-corrected chi connectivity index (χ0v) is 11.1. The number of hydroxylamine groups is 1. The minimum Gasteiger partial charge on any atom is -0.624 e. The van der Waals surface area contributed by atoms with Gasteiger partial charge in [0.05, 0.1) is 0 Å². The molecule has 0 spiro atoms. The molecule has 0 N–H and O–H groups in total. The van der Waals surface area contributed by atoms with Gasteiger partial charge < -0.3 is 9.94 Å². The molecule has 0 bridgehead atoms. The summed E-state index contributed by atoms with van der Waals surface area (Å²) < 4.78 is 6.50. The maximum absolute atomic E-state index is 11.2. The molecule has 0 atom stereocenters. The van der Waals surface area contributed by atoms with Crippen LogP contribution in [0.25, 0.3) is 0 Å². The topological polar surface area (TPSA) is 35.3 Å². The molecule has 3 nitrogen and oxygen atoms in total. The van der Waals surface area contributed by atoms with Gasteiger partial charge in [0.1, 0.15) is 0 Å². The maximum atomic E-state index is 11.2. The van der Waals surface area contributed by atoms with Crippen LogP contribution >= 0.6 is 0 Å². The molecule has 0 radical (unpaired) electrons. The molecule has 16 heavy (non-hydrogen) atoms. The van der Waals surface area contributed by atoms with Gasteiger partial charge in [0, 0.05) is 19.6 Å². The van der Waals surface area contributed by atoms with E-state index in [0.717, 1.165) is 37.2 Å². The van der Waals surface area contributed by atoms with Crippen LogP contribution < -0.4 is 0 Å². The summed E-state index contributed by atoms with van der Waals surface area (Å²) in [6.07, 6.45) is 8.47. The van der Waals surface area contributed by atoms with Crippen molar-refractivity contribution in [3.8, 4) is 0 Å². The summed E-state index contributed by atoms with van der Waals surface area (Å²) >= 11 is 0. The van der Waals surface area contributed by atoms with Crippen molar-refractivity contribution in [2.45, 2.75) is 65.3 Å². The Hall–Kier alpha value is -0.570. The lowest BCUT2D eigenvalue weighted by atomic mass is 10.2. The average molecular weight is 229 g/mol. The molecule has 0 aliphatic rings. The fourth-order valence-electron chi connectivity index (χ4n) is 1.35. The molecule has 0 saturated heterocycles. The van der Waals surface area contributed by atoms with Gasteiger partial charge in [-0.25, -0.2) is 4.74 Å². The van der Waals surface area contributed by atoms with Gasteiger partial charge in [-0.1, -0.05) is 26.2 Å². The second kappa shape index (κ2) is 10.9. The zero-order valence-electron chi connectivity index (χ0n) is 11.1. The third kappa shape index (κ3) is 9.97. The predicted octanol–water partition coefficient (Wildman–Crippen LogP) is 3.35. The first kappa shape index (κ1) is 15.4. The van der Waals surface area contributed by atoms with Crippen molar-refractivity contribution < 1.29 is 9.48 Å². The second-order valence-corrected chi connectivity index (χ2v) is 4.45. The smallest absolute Gasteiger partial charge is 0.157 e. The van der Waals surface area contributed by atoms with E-state index in [4.69, 9.17) is 4.74 Å². The molecule has 0 fully saturated rings. The number of hydrogen-bond acceptors (Lipinski definition) is 2. The molecule has 0 aromatic heterocycles. The molecule has 96 valence electrons. The lowest BCUT2D eigenvalue weighted by Gasteiger charge is -2.07. The van der Waals surface area contributed by atoms with E-state index >= 15 is 0 Å². The standard InChI is InChI=1S/C13H27NO2/c1-4-5-6-8-11-16-12-9-7-10-14(15)13(2)3/h10,13H,4-9,11-12H2,1-3H3. The zero-order chi connectivity index (χ0) is 12.2. The van der Waals surface area contributed by atoms with Crippen LogP contribution in [0.15, 0.2) is 0 Å². The van der Waals surface area contributed by atoms with Crippen LogP contribution in [-0.4, -0.2) is 30.2 Å². The van der Waals surface area contributed by atoms with Gasteiger partial charge in [-0.3, -0.25) is 0 Å². The molecule has 0 unspecified atom stereocenters. The van der Waals surface area contributed by atoms with E-state index < -0.39 is 0 Å². The van der Waals surface area contributed by atoms with Gasteiger partial charge in [0.15, 0.2) is 12.3 Å². The van der Waals surface area contributed by atoms with Crippen molar-refractivity contribution in [3.63, 3.8) is 0 Å². The maximum Gasteiger partial charge on any atom is 0.157 e. The monoisotopic (exact) mass is 229 g/mol. The average Bonchev–Trinajstić information content (AvgIpc) is 2.26. The third-order valence-electron chi connectivity index (χ3n) is 2.45. The number of rotatable bonds is 10. The molecular weight excluding hydrogens is 202 g/mol. The lowest BCUT2D eigenvalue weighted by Crippen LogP contribution is -2.14. The predicted molar refractivity (Wildman–Crippen MR) is 69.0 cm³/mol. The Balaban J connectivity index is 3.18. The van der Waals surface area contributed by atoms with E-state index in [0.29, 0.717) is 0 Å². The molecule has 0 aliphatic carbocycles. The summed E-state index contributed by atoms with van der Waals surface area (Å²) in [4.78, 5) is 0. The Labute approximate surface area is 100 Å². The van der Waals surface area contributed by atoms with Gasteiger partial charge in [0.2, 0.25) is 0 Å². The molecular formula is C13H27NO2. The molecule has 0 aromatic rings. The van der Waals surface area contributed by atoms with Crippen LogP contribution in [0.5, 0.6) is 0 Å². The number of unbranched alkanes of at least 4 members (excludes halogenated alkanes) is 4. The van der Waals surface area contributed by atoms with E-state index in [2.05, 4.69) is 6.92 Å². The molecule has 0 aliphatic heterocycles. The highest BCUT2D eigenvalue weighted by molar-refractivity contribution is 5.51. The molecule has 0 rings (SSSR count). The number of ether oxygens (including phenoxy) is 1. The number of hydrogen-bond donors (Lipinski definition) is 0. The summed E-state index contributed by atoms with van der Waals surface area (Å²) in [6.45, 7) is 7.64. The first-order valence-corrected chi connectivity index (χ1v) is 6.55. The van der Waals surface area contributed by atoms with E-state index in [9.17, 15) is 5.21 Å². The third-order valence-corrected chi connectivity index (χ3v) is 2.45. The van der Waals surface area contributed by atoms with Crippen molar-refractivity contribution in [2.24, 2.45) is 0 Å². The van der Waals surface area contributed by atoms with Gasteiger partial charge >= 0.3 is 0 Å². The van der Waals surface area contributed by atoms with E-state index in [1.165, 1.54) is 19.3 Å². The fourth-order valence-corrected chi connectivity index (χ4v) is 1.35. The van der Waals surface area contributed by atoms with Crippen molar-refractivity contribution >= 4 is 6.21 Å². The minimum atomic E-state index is 0.0509. The molecule has 0 heterocycles. The largest absolute Gasteiger partial charge is 0.624 e. The molecule has 0 aromatic carbocycles. The molecule has 3 heteroatoms. The highest BCUT2D eigenvalue weighted by atomic mass is 16.5. The van der Waals surface area contributed by atoms with E-state index in [1.807, 2.05) is 13.8 Å². The van der Waals surface area contributed by atoms with Gasteiger partial charge in [-0.15, -0.1) is 0 Å². The first-order chi connectivity index (χ1) is 7.68. The minimum absolute atomic E-state index is 0.0509. The van der Waals surface area contributed by atoms with Crippen LogP contribution in [0.1, 0.15) is 59.3 Å². The Bertz CT molecular complexity index is 179. The second-order valence-electron chi connectivity index (χ2n) is 4.45. The van der Waals surface area contributed by atoms with E-state index in [-0.39, 0.29) is 6.04 Å². The van der Waals surface area contributed by atoms with Crippen LogP contribution in [0.4, 0.5) is 0 Å². The SMILES string of the molecule is CCCCCCOCCCC=[N+]([O-])C(C)C. The summed E-state index contributed by atoms with van der Waals surface area (Å²) in [5.74, 6) is 0. The summed E-state index contributed by atoms with van der Waals surface area (Å²) in [7, 11) is 0. The highest BCUT2D eigenvalue weighted by Crippen LogP contribution is 1.99. The van der Waals surface area contributed by atoms with Crippen LogP contribution in [0.2, 0.25) is 0 Å². The van der Waals surface area contributed by atoms with Gasteiger partial charge in [0.25, 0.3) is 0 Å². The van der Waals surface area contributed by atoms with Crippen molar-refractivity contribution in [2.75, 3.05) is 13.2 Å². The van der Waals surface area contributed by atoms with Crippen molar-refractivity contribution in [1.29, 1.82) is 0 Å². The number of nitrogens with zero attached hydrogens (tertiary/aromatic N) is 1. The lowest BCUT2D eigenvalue weighted by molar-refractivity contribution is -0.488. The Morgan fingerprint density at radius 3 is 2.44 bits per heavy atom. The summed E-state index contributed by atoms with van der Waals surface area (Å²) in [5, 5.41) is 11.2. The van der Waals surface area contributed by atoms with Crippen molar-refractivity contribution in [1.82, 2.24) is 0 Å². The highest BCUT2D eigenvalue weighted by Gasteiger charge is 1.98. The van der Waals surface area contributed by atoms with Crippen LogP contribution in [-0.2, 0) is 4.74 Å². The Kier molecular flexibility index (Phi) is 10.5. The first-order valence-electron chi connectivity index (χ1n) is 6.55. The summed E-state index contributed by atoms with van der Waals surface area (Å²) in [5.41, 5.74) is 0.